The minimum absolute atomic E-state index is 0.0384. The van der Waals surface area contributed by atoms with Gasteiger partial charge in [-0.15, -0.1) is 23.1 Å². The van der Waals surface area contributed by atoms with Gasteiger partial charge in [-0.25, -0.2) is 9.78 Å². The van der Waals surface area contributed by atoms with Gasteiger partial charge >= 0.3 is 17.1 Å². The van der Waals surface area contributed by atoms with Crippen LogP contribution in [0.4, 0.5) is 5.13 Å². The first-order valence-electron chi connectivity index (χ1n) is 9.35. The van der Waals surface area contributed by atoms with Crippen molar-refractivity contribution in [2.24, 2.45) is 7.05 Å². The van der Waals surface area contributed by atoms with E-state index in [1.54, 1.807) is 5.38 Å². The number of aryl methyl sites for hydroxylation is 1. The van der Waals surface area contributed by atoms with E-state index in [-0.39, 0.29) is 23.0 Å². The number of carbonyl (C=O) groups excluding carboxylic acids is 2. The highest BCUT2D eigenvalue weighted by molar-refractivity contribution is 8.01. The Morgan fingerprint density at radius 3 is 2.79 bits per heavy atom. The number of fused-ring (bicyclic) bond motifs is 1. The molecule has 0 aliphatic carbocycles. The molecule has 2 amide bonds. The molecule has 1 fully saturated rings. The third-order valence-electron chi connectivity index (χ3n) is 4.80. The van der Waals surface area contributed by atoms with E-state index in [0.29, 0.717) is 22.2 Å². The molecular weight excluding hydrogens is 494 g/mol. The molecule has 0 saturated carbocycles. The normalized spacial score (nSPS) is 19.8. The van der Waals surface area contributed by atoms with Crippen LogP contribution in [0, 0.1) is 0 Å². The molecule has 2 aliphatic rings. The molecule has 5 N–H and O–H groups in total. The molecule has 174 valence electrons. The summed E-state index contributed by atoms with van der Waals surface area (Å²) in [6.07, 6.45) is -0.0384. The second-order valence-electron chi connectivity index (χ2n) is 7.05. The van der Waals surface area contributed by atoms with Gasteiger partial charge < -0.3 is 16.2 Å². The van der Waals surface area contributed by atoms with Crippen LogP contribution < -0.4 is 22.2 Å². The molecule has 2 atom stereocenters. The fourth-order valence-corrected chi connectivity index (χ4v) is 6.30. The number of H-pyrrole nitrogens is 1. The Balaban J connectivity index is 1.46. The summed E-state index contributed by atoms with van der Waals surface area (Å²) in [4.78, 5) is 68.7. The van der Waals surface area contributed by atoms with E-state index >= 15 is 0 Å². The Morgan fingerprint density at radius 2 is 2.12 bits per heavy atom. The summed E-state index contributed by atoms with van der Waals surface area (Å²) in [6, 6.07) is -0.844. The Bertz CT molecular complexity index is 1300. The van der Waals surface area contributed by atoms with E-state index in [1.807, 2.05) is 0 Å². The van der Waals surface area contributed by atoms with Crippen LogP contribution in [0.25, 0.3) is 0 Å². The van der Waals surface area contributed by atoms with Gasteiger partial charge in [0.2, 0.25) is 5.91 Å². The summed E-state index contributed by atoms with van der Waals surface area (Å²) in [5.74, 6) is -1.76. The fraction of sp³-hybridized carbons (Fsp3) is 0.353. The third-order valence-corrected chi connectivity index (χ3v) is 7.98. The molecule has 4 rings (SSSR count). The van der Waals surface area contributed by atoms with Crippen LogP contribution >= 0.6 is 34.9 Å². The van der Waals surface area contributed by atoms with E-state index in [9.17, 15) is 29.1 Å². The number of carboxylic acids is 1. The second kappa shape index (κ2) is 9.03. The topological polar surface area (TPSA) is 193 Å². The van der Waals surface area contributed by atoms with Crippen molar-refractivity contribution < 1.29 is 19.5 Å². The predicted octanol–water partition coefficient (Wildman–Crippen LogP) is -1.42. The number of hydrogen-bond donors (Lipinski definition) is 4. The quantitative estimate of drug-likeness (QED) is 0.194. The Kier molecular flexibility index (Phi) is 6.31. The first-order valence-corrected chi connectivity index (χ1v) is 12.3. The van der Waals surface area contributed by atoms with Crippen LogP contribution in [0.15, 0.2) is 31.4 Å². The Morgan fingerprint density at radius 1 is 1.36 bits per heavy atom. The van der Waals surface area contributed by atoms with Gasteiger partial charge in [0.1, 0.15) is 17.1 Å². The highest BCUT2D eigenvalue weighted by Crippen LogP contribution is 2.41. The van der Waals surface area contributed by atoms with Crippen LogP contribution in [0.3, 0.4) is 0 Å². The first kappa shape index (κ1) is 23.1. The number of anilines is 1. The van der Waals surface area contributed by atoms with Crippen molar-refractivity contribution in [3.63, 3.8) is 0 Å². The number of aromatic nitrogens is 4. The van der Waals surface area contributed by atoms with Gasteiger partial charge in [0.05, 0.1) is 12.1 Å². The van der Waals surface area contributed by atoms with Crippen LogP contribution in [0.5, 0.6) is 0 Å². The van der Waals surface area contributed by atoms with Gasteiger partial charge in [0, 0.05) is 23.9 Å². The third kappa shape index (κ3) is 4.53. The number of thiazole rings is 1. The number of aromatic amines is 1. The zero-order chi connectivity index (χ0) is 23.9. The molecule has 0 radical (unpaired) electrons. The maximum absolute atomic E-state index is 12.7. The molecule has 2 aliphatic heterocycles. The summed E-state index contributed by atoms with van der Waals surface area (Å²) in [7, 11) is 1.50. The smallest absolute Gasteiger partial charge is 0.352 e. The van der Waals surface area contributed by atoms with Crippen molar-refractivity contribution in [3.05, 3.63) is 43.1 Å². The number of carboxylic acid groups (broad SMARTS) is 1. The molecule has 2 aromatic heterocycles. The van der Waals surface area contributed by atoms with Crippen LogP contribution in [0.2, 0.25) is 0 Å². The van der Waals surface area contributed by atoms with E-state index in [4.69, 9.17) is 5.73 Å². The lowest BCUT2D eigenvalue weighted by atomic mass is 10.0. The van der Waals surface area contributed by atoms with Gasteiger partial charge in [-0.1, -0.05) is 11.8 Å². The fourth-order valence-electron chi connectivity index (χ4n) is 3.33. The highest BCUT2D eigenvalue weighted by Gasteiger charge is 2.54. The number of nitrogen functional groups attached to an aromatic ring is 1. The summed E-state index contributed by atoms with van der Waals surface area (Å²) in [5, 5.41) is 16.4. The number of amides is 2. The van der Waals surface area contributed by atoms with Gasteiger partial charge in [-0.3, -0.25) is 33.9 Å². The lowest BCUT2D eigenvalue weighted by molar-refractivity contribution is -0.150. The maximum atomic E-state index is 12.7. The molecule has 0 bridgehead atoms. The number of nitrogens with zero attached hydrogens (tertiary/aromatic N) is 4. The number of thioether (sulfide) groups is 2. The molecule has 13 nitrogen and oxygen atoms in total. The second-order valence-corrected chi connectivity index (χ2v) is 9.99. The Labute approximate surface area is 197 Å². The number of nitrogens with one attached hydrogen (secondary N) is 2. The maximum Gasteiger partial charge on any atom is 0.352 e. The van der Waals surface area contributed by atoms with Gasteiger partial charge in [0.25, 0.3) is 5.91 Å². The zero-order valence-corrected chi connectivity index (χ0v) is 19.4. The zero-order valence-electron chi connectivity index (χ0n) is 16.9. The van der Waals surface area contributed by atoms with Crippen molar-refractivity contribution in [1.29, 1.82) is 0 Å². The molecule has 0 aromatic carbocycles. The van der Waals surface area contributed by atoms with Crippen LogP contribution in [-0.4, -0.2) is 70.5 Å². The van der Waals surface area contributed by atoms with E-state index < -0.39 is 40.3 Å². The number of hydrogen-bond acceptors (Lipinski definition) is 11. The number of aliphatic carboxylic acids is 1. The largest absolute Gasteiger partial charge is 0.477 e. The highest BCUT2D eigenvalue weighted by atomic mass is 32.2. The monoisotopic (exact) mass is 511 g/mol. The predicted molar refractivity (Wildman–Crippen MR) is 121 cm³/mol. The van der Waals surface area contributed by atoms with Crippen molar-refractivity contribution in [2.75, 3.05) is 17.2 Å². The number of β-lactam (4-membered cyclic amide) rings is 1. The number of carbonyl (C=O) groups is 3. The van der Waals surface area contributed by atoms with Crippen molar-refractivity contribution in [3.8, 4) is 0 Å². The molecule has 33 heavy (non-hydrogen) atoms. The van der Waals surface area contributed by atoms with Gasteiger partial charge in [0.15, 0.2) is 10.3 Å². The summed E-state index contributed by atoms with van der Waals surface area (Å²) in [5.41, 5.74) is 4.55. The molecule has 16 heteroatoms. The van der Waals surface area contributed by atoms with Crippen LogP contribution in [-0.2, 0) is 27.9 Å². The SMILES string of the molecule is Cn1[nH]c(=O)c(=O)nc1SCC1=C(C(=O)O)N2C(=O)C(NC(=O)Cc3csc(N)n3)C2SC1. The summed E-state index contributed by atoms with van der Waals surface area (Å²) in [6.45, 7) is 0. The molecule has 0 spiro atoms. The van der Waals surface area contributed by atoms with Crippen molar-refractivity contribution in [2.45, 2.75) is 23.0 Å². The van der Waals surface area contributed by atoms with E-state index in [1.165, 1.54) is 34.8 Å². The van der Waals surface area contributed by atoms with Crippen LogP contribution in [0.1, 0.15) is 5.69 Å². The average molecular weight is 512 g/mol. The standard InChI is InChI=1S/C17H17N7O6S3/c1-23-17(21-11(26)12(27)22-23)33-4-6-3-31-14-9(13(28)24(14)10(6)15(29)30)20-8(25)2-7-5-32-16(18)19-7/h5,9,14H,2-4H2,1H3,(H2,18,19)(H,20,25)(H,22,27)(H,29,30). The van der Waals surface area contributed by atoms with Crippen molar-refractivity contribution >= 4 is 57.8 Å². The number of nitrogens with two attached hydrogens (primary N) is 1. The Hall–Kier alpha value is -3.11. The van der Waals surface area contributed by atoms with Gasteiger partial charge in [-0.05, 0) is 5.57 Å². The summed E-state index contributed by atoms with van der Waals surface area (Å²) >= 11 is 3.60. The molecule has 4 heterocycles. The van der Waals surface area contributed by atoms with E-state index in [2.05, 4.69) is 20.4 Å². The minimum atomic E-state index is -1.27. The molecular formula is C17H17N7O6S3. The first-order chi connectivity index (χ1) is 15.7. The molecule has 1 saturated heterocycles. The minimum Gasteiger partial charge on any atom is -0.477 e. The van der Waals surface area contributed by atoms with Gasteiger partial charge in [-0.2, -0.15) is 4.98 Å². The lowest BCUT2D eigenvalue weighted by Crippen LogP contribution is -2.70. The van der Waals surface area contributed by atoms with E-state index in [0.717, 1.165) is 16.7 Å². The van der Waals surface area contributed by atoms with Crippen molar-refractivity contribution in [1.82, 2.24) is 30.0 Å². The number of rotatable bonds is 7. The lowest BCUT2D eigenvalue weighted by Gasteiger charge is -2.49. The summed E-state index contributed by atoms with van der Waals surface area (Å²) < 4.78 is 1.27. The molecule has 2 aromatic rings. The molecule has 2 unspecified atom stereocenters. The average Bonchev–Trinajstić information content (AvgIpc) is 3.17.